The van der Waals surface area contributed by atoms with Gasteiger partial charge in [0.1, 0.15) is 0 Å². The quantitative estimate of drug-likeness (QED) is 0.773. The Bertz CT molecular complexity index is 573. The van der Waals surface area contributed by atoms with E-state index in [4.69, 9.17) is 9.47 Å². The molecule has 0 saturated heterocycles. The van der Waals surface area contributed by atoms with E-state index in [1.54, 1.807) is 0 Å². The second-order valence-electron chi connectivity index (χ2n) is 3.86. The molecule has 0 amide bonds. The van der Waals surface area contributed by atoms with Crippen LogP contribution in [0.4, 0.5) is 0 Å². The maximum absolute atomic E-state index is 5.39. The lowest BCUT2D eigenvalue weighted by Crippen LogP contribution is -1.92. The summed E-state index contributed by atoms with van der Waals surface area (Å²) in [5, 5.41) is 0. The van der Waals surface area contributed by atoms with Crippen LogP contribution < -0.4 is 9.47 Å². The van der Waals surface area contributed by atoms with Crippen LogP contribution in [0.5, 0.6) is 11.5 Å². The molecule has 1 aliphatic heterocycles. The predicted molar refractivity (Wildman–Crippen MR) is 68.1 cm³/mol. The van der Waals surface area contributed by atoms with Crippen molar-refractivity contribution < 1.29 is 9.47 Å². The predicted octanol–water partition coefficient (Wildman–Crippen LogP) is 3.73. The molecule has 0 unspecified atom stereocenters. The van der Waals surface area contributed by atoms with Gasteiger partial charge in [-0.3, -0.25) is 0 Å². The molecule has 0 spiro atoms. The molecule has 0 saturated carbocycles. The van der Waals surface area contributed by atoms with E-state index >= 15 is 0 Å². The molecular weight excluding hydrogens is 212 g/mol. The molecule has 0 radical (unpaired) electrons. The van der Waals surface area contributed by atoms with Gasteiger partial charge in [-0.05, 0) is 28.8 Å². The van der Waals surface area contributed by atoms with Crippen molar-refractivity contribution in [3.05, 3.63) is 54.6 Å². The van der Waals surface area contributed by atoms with Crippen molar-refractivity contribution in [1.82, 2.24) is 0 Å². The molecule has 1 heterocycles. The van der Waals surface area contributed by atoms with E-state index in [2.05, 4.69) is 12.6 Å². The van der Waals surface area contributed by atoms with Crippen LogP contribution in [0.25, 0.3) is 17.2 Å². The summed E-state index contributed by atoms with van der Waals surface area (Å²) in [4.78, 5) is 0. The molecule has 17 heavy (non-hydrogen) atoms. The number of ether oxygens (including phenoxy) is 2. The van der Waals surface area contributed by atoms with Crippen LogP contribution in [0.15, 0.2) is 49.0 Å². The topological polar surface area (TPSA) is 18.5 Å². The lowest BCUT2D eigenvalue weighted by molar-refractivity contribution is 0.174. The molecule has 2 heteroatoms. The standard InChI is InChI=1S/C15H12O2/c1-2-11-5-3-4-6-13(11)12-7-8-14-15(9-12)17-10-16-14/h2-9H,1,10H2. The van der Waals surface area contributed by atoms with Gasteiger partial charge in [0.15, 0.2) is 11.5 Å². The molecule has 0 bridgehead atoms. The van der Waals surface area contributed by atoms with Gasteiger partial charge in [0.2, 0.25) is 6.79 Å². The van der Waals surface area contributed by atoms with Crippen LogP contribution in [0.3, 0.4) is 0 Å². The molecule has 0 aromatic heterocycles. The fraction of sp³-hybridized carbons (Fsp3) is 0.0667. The number of fused-ring (bicyclic) bond motifs is 1. The zero-order valence-electron chi connectivity index (χ0n) is 9.35. The third-order valence-corrected chi connectivity index (χ3v) is 2.86. The van der Waals surface area contributed by atoms with Gasteiger partial charge in [-0.15, -0.1) is 0 Å². The minimum atomic E-state index is 0.307. The third-order valence-electron chi connectivity index (χ3n) is 2.86. The second-order valence-corrected chi connectivity index (χ2v) is 3.86. The summed E-state index contributed by atoms with van der Waals surface area (Å²) in [6, 6.07) is 14.1. The first-order valence-electron chi connectivity index (χ1n) is 5.50. The van der Waals surface area contributed by atoms with E-state index in [-0.39, 0.29) is 0 Å². The molecule has 0 fully saturated rings. The first-order chi connectivity index (χ1) is 8.38. The van der Waals surface area contributed by atoms with E-state index < -0.39 is 0 Å². The Morgan fingerprint density at radius 3 is 2.71 bits per heavy atom. The fourth-order valence-electron chi connectivity index (χ4n) is 2.00. The summed E-state index contributed by atoms with van der Waals surface area (Å²) in [6.45, 7) is 4.14. The Morgan fingerprint density at radius 2 is 1.82 bits per heavy atom. The summed E-state index contributed by atoms with van der Waals surface area (Å²) < 4.78 is 10.7. The van der Waals surface area contributed by atoms with Crippen LogP contribution in [0.1, 0.15) is 5.56 Å². The van der Waals surface area contributed by atoms with Crippen LogP contribution in [0, 0.1) is 0 Å². The molecule has 1 aliphatic rings. The monoisotopic (exact) mass is 224 g/mol. The van der Waals surface area contributed by atoms with Crippen molar-refractivity contribution in [2.45, 2.75) is 0 Å². The highest BCUT2D eigenvalue weighted by Gasteiger charge is 2.14. The van der Waals surface area contributed by atoms with E-state index in [1.807, 2.05) is 42.5 Å². The van der Waals surface area contributed by atoms with Gasteiger partial charge in [0.05, 0.1) is 0 Å². The van der Waals surface area contributed by atoms with Gasteiger partial charge in [0, 0.05) is 0 Å². The summed E-state index contributed by atoms with van der Waals surface area (Å²) in [7, 11) is 0. The van der Waals surface area contributed by atoms with Crippen molar-refractivity contribution in [2.75, 3.05) is 6.79 Å². The molecule has 2 nitrogen and oxygen atoms in total. The summed E-state index contributed by atoms with van der Waals surface area (Å²) >= 11 is 0. The smallest absolute Gasteiger partial charge is 0.231 e. The lowest BCUT2D eigenvalue weighted by atomic mass is 9.99. The number of hydrogen-bond donors (Lipinski definition) is 0. The minimum Gasteiger partial charge on any atom is -0.454 e. The molecule has 0 aliphatic carbocycles. The molecule has 2 aromatic rings. The molecular formula is C15H12O2. The first-order valence-corrected chi connectivity index (χ1v) is 5.50. The zero-order valence-corrected chi connectivity index (χ0v) is 9.35. The van der Waals surface area contributed by atoms with E-state index in [9.17, 15) is 0 Å². The van der Waals surface area contributed by atoms with Gasteiger partial charge in [0.25, 0.3) is 0 Å². The highest BCUT2D eigenvalue weighted by Crippen LogP contribution is 2.36. The molecule has 0 atom stereocenters. The maximum Gasteiger partial charge on any atom is 0.231 e. The van der Waals surface area contributed by atoms with E-state index in [0.717, 1.165) is 28.2 Å². The Kier molecular flexibility index (Phi) is 2.33. The van der Waals surface area contributed by atoms with Crippen molar-refractivity contribution in [1.29, 1.82) is 0 Å². The fourth-order valence-corrected chi connectivity index (χ4v) is 2.00. The van der Waals surface area contributed by atoms with Crippen LogP contribution >= 0.6 is 0 Å². The Morgan fingerprint density at radius 1 is 1.00 bits per heavy atom. The average Bonchev–Trinajstić information content (AvgIpc) is 2.85. The Balaban J connectivity index is 2.12. The van der Waals surface area contributed by atoms with Crippen molar-refractivity contribution in [3.8, 4) is 22.6 Å². The Hall–Kier alpha value is -2.22. The van der Waals surface area contributed by atoms with Crippen molar-refractivity contribution in [3.63, 3.8) is 0 Å². The SMILES string of the molecule is C=Cc1ccccc1-c1ccc2c(c1)OCO2. The first kappa shape index (κ1) is 9.97. The van der Waals surface area contributed by atoms with Gasteiger partial charge < -0.3 is 9.47 Å². The van der Waals surface area contributed by atoms with Crippen molar-refractivity contribution >= 4 is 6.08 Å². The zero-order chi connectivity index (χ0) is 11.7. The number of benzene rings is 2. The maximum atomic E-state index is 5.39. The van der Waals surface area contributed by atoms with Gasteiger partial charge >= 0.3 is 0 Å². The van der Waals surface area contributed by atoms with Crippen molar-refractivity contribution in [2.24, 2.45) is 0 Å². The van der Waals surface area contributed by atoms with Gasteiger partial charge in [-0.2, -0.15) is 0 Å². The highest BCUT2D eigenvalue weighted by molar-refractivity contribution is 5.76. The largest absolute Gasteiger partial charge is 0.454 e. The normalized spacial score (nSPS) is 12.5. The average molecular weight is 224 g/mol. The molecule has 84 valence electrons. The van der Waals surface area contributed by atoms with Crippen LogP contribution in [-0.4, -0.2) is 6.79 Å². The van der Waals surface area contributed by atoms with Gasteiger partial charge in [-0.25, -0.2) is 0 Å². The summed E-state index contributed by atoms with van der Waals surface area (Å²) in [6.07, 6.45) is 1.86. The Labute approximate surface area is 100 Å². The molecule has 3 rings (SSSR count). The third kappa shape index (κ3) is 1.68. The molecule has 2 aromatic carbocycles. The second kappa shape index (κ2) is 3.98. The van der Waals surface area contributed by atoms with Gasteiger partial charge in [-0.1, -0.05) is 43.0 Å². The van der Waals surface area contributed by atoms with E-state index in [0.29, 0.717) is 6.79 Å². The number of hydrogen-bond acceptors (Lipinski definition) is 2. The van der Waals surface area contributed by atoms with E-state index in [1.165, 1.54) is 0 Å². The van der Waals surface area contributed by atoms with Crippen LogP contribution in [0.2, 0.25) is 0 Å². The van der Waals surface area contributed by atoms with Crippen LogP contribution in [-0.2, 0) is 0 Å². The minimum absolute atomic E-state index is 0.307. The number of rotatable bonds is 2. The summed E-state index contributed by atoms with van der Waals surface area (Å²) in [5.41, 5.74) is 3.39. The molecule has 0 N–H and O–H groups in total. The lowest BCUT2D eigenvalue weighted by Gasteiger charge is -2.06. The summed E-state index contributed by atoms with van der Waals surface area (Å²) in [5.74, 6) is 1.62. The highest BCUT2D eigenvalue weighted by atomic mass is 16.7.